The first kappa shape index (κ1) is 21.0. The van der Waals surface area contributed by atoms with Gasteiger partial charge in [-0.05, 0) is 29.1 Å². The standard InChI is InChI=1S/C19H15Cl2F3N4OS/c20-12-4-3-10(6-13(12)21)14-7-16(19(22,23)24)28-17(26-14)8-15(27-28)18(29)25-9-11-2-1-5-30-11/h1-6,8,14,16,26H,7,9H2,(H,25,29)/t14-,16-/m0/s1. The second-order valence-corrected chi connectivity index (χ2v) is 8.63. The van der Waals surface area contributed by atoms with Crippen molar-refractivity contribution in [2.75, 3.05) is 5.32 Å². The molecule has 1 aliphatic heterocycles. The first-order valence-corrected chi connectivity index (χ1v) is 10.5. The molecule has 0 spiro atoms. The molecular formula is C19H15Cl2F3N4OS. The molecule has 1 aliphatic rings. The van der Waals surface area contributed by atoms with E-state index >= 15 is 0 Å². The molecule has 0 radical (unpaired) electrons. The minimum atomic E-state index is -4.54. The fourth-order valence-electron chi connectivity index (χ4n) is 3.30. The second-order valence-electron chi connectivity index (χ2n) is 6.79. The van der Waals surface area contributed by atoms with E-state index in [4.69, 9.17) is 23.2 Å². The van der Waals surface area contributed by atoms with E-state index in [1.165, 1.54) is 23.5 Å². The monoisotopic (exact) mass is 474 g/mol. The fourth-order valence-corrected chi connectivity index (χ4v) is 4.25. The molecule has 0 aliphatic carbocycles. The highest BCUT2D eigenvalue weighted by Gasteiger charge is 2.46. The lowest BCUT2D eigenvalue weighted by molar-refractivity contribution is -0.173. The number of carbonyl (C=O) groups excluding carboxylic acids is 1. The van der Waals surface area contributed by atoms with Crippen LogP contribution in [0.3, 0.4) is 0 Å². The van der Waals surface area contributed by atoms with Gasteiger partial charge in [0, 0.05) is 17.4 Å². The van der Waals surface area contributed by atoms with Gasteiger partial charge in [0.25, 0.3) is 5.91 Å². The lowest BCUT2D eigenvalue weighted by Crippen LogP contribution is -2.35. The molecule has 4 rings (SSSR count). The number of hydrogen-bond acceptors (Lipinski definition) is 4. The predicted molar refractivity (Wildman–Crippen MR) is 110 cm³/mol. The zero-order valence-electron chi connectivity index (χ0n) is 15.2. The van der Waals surface area contributed by atoms with Crippen LogP contribution in [0.15, 0.2) is 41.8 Å². The quantitative estimate of drug-likeness (QED) is 0.499. The number of rotatable bonds is 4. The fraction of sp³-hybridized carbons (Fsp3) is 0.263. The Morgan fingerprint density at radius 1 is 1.27 bits per heavy atom. The molecule has 1 aromatic carbocycles. The molecule has 3 aromatic rings. The molecule has 1 amide bonds. The molecule has 3 heterocycles. The van der Waals surface area contributed by atoms with Gasteiger partial charge in [-0.3, -0.25) is 4.79 Å². The minimum absolute atomic E-state index is 0.0851. The number of amides is 1. The average Bonchev–Trinajstić information content (AvgIpc) is 3.36. The predicted octanol–water partition coefficient (Wildman–Crippen LogP) is 5.84. The topological polar surface area (TPSA) is 59.0 Å². The van der Waals surface area contributed by atoms with Crippen molar-refractivity contribution in [1.29, 1.82) is 0 Å². The molecule has 0 saturated carbocycles. The number of halogens is 5. The summed E-state index contributed by atoms with van der Waals surface area (Å²) < 4.78 is 42.1. The summed E-state index contributed by atoms with van der Waals surface area (Å²) in [6.07, 6.45) is -4.84. The zero-order chi connectivity index (χ0) is 21.5. The van der Waals surface area contributed by atoms with Crippen molar-refractivity contribution >= 4 is 46.3 Å². The van der Waals surface area contributed by atoms with Crippen LogP contribution in [0.4, 0.5) is 19.0 Å². The van der Waals surface area contributed by atoms with Crippen LogP contribution in [0.1, 0.15) is 39.4 Å². The molecule has 0 fully saturated rings. The number of benzene rings is 1. The van der Waals surface area contributed by atoms with E-state index in [1.807, 2.05) is 17.5 Å². The SMILES string of the molecule is O=C(NCc1cccs1)c1cc2n(n1)[C@H](C(F)(F)F)C[C@@H](c1ccc(Cl)c(Cl)c1)N2. The van der Waals surface area contributed by atoms with Gasteiger partial charge in [0.2, 0.25) is 0 Å². The molecule has 0 unspecified atom stereocenters. The summed E-state index contributed by atoms with van der Waals surface area (Å²) in [5.74, 6) is -0.431. The number of anilines is 1. The first-order chi connectivity index (χ1) is 14.2. The summed E-state index contributed by atoms with van der Waals surface area (Å²) in [5, 5.41) is 12.1. The van der Waals surface area contributed by atoms with Gasteiger partial charge in [-0.1, -0.05) is 35.3 Å². The third-order valence-corrected chi connectivity index (χ3v) is 6.39. The van der Waals surface area contributed by atoms with Crippen LogP contribution in [-0.2, 0) is 6.54 Å². The average molecular weight is 475 g/mol. The highest BCUT2D eigenvalue weighted by atomic mass is 35.5. The van der Waals surface area contributed by atoms with Gasteiger partial charge in [0.15, 0.2) is 11.7 Å². The van der Waals surface area contributed by atoms with E-state index in [0.717, 1.165) is 9.56 Å². The normalized spacial score (nSPS) is 18.6. The lowest BCUT2D eigenvalue weighted by atomic mass is 9.97. The number of carbonyl (C=O) groups is 1. The van der Waals surface area contributed by atoms with E-state index < -0.39 is 24.2 Å². The van der Waals surface area contributed by atoms with Crippen LogP contribution >= 0.6 is 34.5 Å². The van der Waals surface area contributed by atoms with Crippen LogP contribution in [0.5, 0.6) is 0 Å². The maximum atomic E-state index is 13.8. The zero-order valence-corrected chi connectivity index (χ0v) is 17.5. The van der Waals surface area contributed by atoms with Gasteiger partial charge in [-0.15, -0.1) is 11.3 Å². The van der Waals surface area contributed by atoms with E-state index in [0.29, 0.717) is 10.6 Å². The van der Waals surface area contributed by atoms with Crippen LogP contribution in [0.2, 0.25) is 10.0 Å². The number of fused-ring (bicyclic) bond motifs is 1. The molecule has 2 atom stereocenters. The molecule has 158 valence electrons. The maximum absolute atomic E-state index is 13.8. The van der Waals surface area contributed by atoms with Crippen molar-refractivity contribution in [2.24, 2.45) is 0 Å². The number of nitrogens with one attached hydrogen (secondary N) is 2. The van der Waals surface area contributed by atoms with Crippen LogP contribution < -0.4 is 10.6 Å². The Kier molecular flexibility index (Phi) is 5.69. The van der Waals surface area contributed by atoms with Crippen molar-refractivity contribution < 1.29 is 18.0 Å². The maximum Gasteiger partial charge on any atom is 0.410 e. The molecule has 11 heteroatoms. The summed E-state index contributed by atoms with van der Waals surface area (Å²) in [6, 6.07) is 7.18. The summed E-state index contributed by atoms with van der Waals surface area (Å²) in [4.78, 5) is 13.4. The Labute approximate surface area is 183 Å². The van der Waals surface area contributed by atoms with Crippen LogP contribution in [-0.4, -0.2) is 21.9 Å². The van der Waals surface area contributed by atoms with Gasteiger partial charge in [0.1, 0.15) is 5.82 Å². The number of aromatic nitrogens is 2. The van der Waals surface area contributed by atoms with Gasteiger partial charge >= 0.3 is 6.18 Å². The molecular weight excluding hydrogens is 460 g/mol. The van der Waals surface area contributed by atoms with Crippen LogP contribution in [0, 0.1) is 0 Å². The highest BCUT2D eigenvalue weighted by molar-refractivity contribution is 7.09. The van der Waals surface area contributed by atoms with E-state index in [9.17, 15) is 18.0 Å². The Bertz CT molecular complexity index is 1070. The highest BCUT2D eigenvalue weighted by Crippen LogP contribution is 2.44. The first-order valence-electron chi connectivity index (χ1n) is 8.90. The number of thiophene rings is 1. The molecule has 5 nitrogen and oxygen atoms in total. The second kappa shape index (κ2) is 8.13. The molecule has 0 bridgehead atoms. The van der Waals surface area contributed by atoms with E-state index in [1.54, 1.807) is 12.1 Å². The Balaban J connectivity index is 1.61. The van der Waals surface area contributed by atoms with Crippen molar-refractivity contribution in [3.05, 3.63) is 68.0 Å². The van der Waals surface area contributed by atoms with Gasteiger partial charge < -0.3 is 10.6 Å². The largest absolute Gasteiger partial charge is 0.410 e. The van der Waals surface area contributed by atoms with Crippen molar-refractivity contribution in [3.63, 3.8) is 0 Å². The summed E-state index contributed by atoms with van der Waals surface area (Å²) in [5.41, 5.74) is 0.480. The van der Waals surface area contributed by atoms with E-state index in [2.05, 4.69) is 15.7 Å². The Morgan fingerprint density at radius 2 is 2.07 bits per heavy atom. The smallest absolute Gasteiger partial charge is 0.363 e. The molecule has 2 N–H and O–H groups in total. The number of alkyl halides is 3. The summed E-state index contributed by atoms with van der Waals surface area (Å²) in [7, 11) is 0. The lowest BCUT2D eigenvalue weighted by Gasteiger charge is -2.33. The summed E-state index contributed by atoms with van der Waals surface area (Å²) >= 11 is 13.4. The Morgan fingerprint density at radius 3 is 2.73 bits per heavy atom. The Hall–Kier alpha value is -2.23. The number of hydrogen-bond donors (Lipinski definition) is 2. The van der Waals surface area contributed by atoms with Crippen molar-refractivity contribution in [1.82, 2.24) is 15.1 Å². The minimum Gasteiger partial charge on any atom is -0.363 e. The van der Waals surface area contributed by atoms with Crippen molar-refractivity contribution in [3.8, 4) is 0 Å². The van der Waals surface area contributed by atoms with Gasteiger partial charge in [-0.25, -0.2) is 4.68 Å². The molecule has 30 heavy (non-hydrogen) atoms. The summed E-state index contributed by atoms with van der Waals surface area (Å²) in [6.45, 7) is 0.278. The van der Waals surface area contributed by atoms with Gasteiger partial charge in [0.05, 0.1) is 22.6 Å². The van der Waals surface area contributed by atoms with Gasteiger partial charge in [-0.2, -0.15) is 18.3 Å². The van der Waals surface area contributed by atoms with E-state index in [-0.39, 0.29) is 29.5 Å². The third kappa shape index (κ3) is 4.28. The van der Waals surface area contributed by atoms with Crippen molar-refractivity contribution in [2.45, 2.75) is 31.2 Å². The molecule has 2 aromatic heterocycles. The molecule has 0 saturated heterocycles. The van der Waals surface area contributed by atoms with Crippen LogP contribution in [0.25, 0.3) is 0 Å². The third-order valence-electron chi connectivity index (χ3n) is 4.77. The number of nitrogens with zero attached hydrogens (tertiary/aromatic N) is 2.